The molecular formula is C14H10BrN3O. The summed E-state index contributed by atoms with van der Waals surface area (Å²) in [4.78, 5) is 0. The fraction of sp³-hybridized carbons (Fsp3) is 0. The van der Waals surface area contributed by atoms with Gasteiger partial charge in [0.1, 0.15) is 11.6 Å². The maximum Gasteiger partial charge on any atom is 0.239 e. The van der Waals surface area contributed by atoms with E-state index < -0.39 is 0 Å². The van der Waals surface area contributed by atoms with E-state index in [2.05, 4.69) is 26.1 Å². The molecule has 0 bridgehead atoms. The zero-order valence-electron chi connectivity index (χ0n) is 9.88. The lowest BCUT2D eigenvalue weighted by molar-refractivity contribution is 0.454. The van der Waals surface area contributed by atoms with Crippen LogP contribution in [-0.4, -0.2) is 10.2 Å². The van der Waals surface area contributed by atoms with Crippen LogP contribution in [0.4, 0.5) is 5.82 Å². The smallest absolute Gasteiger partial charge is 0.239 e. The van der Waals surface area contributed by atoms with E-state index in [1.165, 1.54) is 0 Å². The number of nitrogen functional groups attached to an aromatic ring is 1. The zero-order valence-corrected chi connectivity index (χ0v) is 11.5. The molecule has 3 aromatic rings. The highest BCUT2D eigenvalue weighted by atomic mass is 79.9. The van der Waals surface area contributed by atoms with Crippen molar-refractivity contribution in [3.05, 3.63) is 53.0 Å². The number of benzene rings is 2. The lowest BCUT2D eigenvalue weighted by Gasteiger charge is -2.08. The fourth-order valence-electron chi connectivity index (χ4n) is 1.79. The predicted octanol–water partition coefficient (Wildman–Crippen LogP) is 3.77. The molecule has 94 valence electrons. The standard InChI is InChI=1S/C14H10BrN3O/c15-14-10-4-2-1-3-9(10)5-6-11(14)19-13-8-7-12(16)17-18-13/h1-8H,(H2,16,17). The van der Waals surface area contributed by atoms with Gasteiger partial charge in [-0.3, -0.25) is 0 Å². The van der Waals surface area contributed by atoms with E-state index in [9.17, 15) is 0 Å². The highest BCUT2D eigenvalue weighted by Crippen LogP contribution is 2.35. The van der Waals surface area contributed by atoms with Crippen LogP contribution in [0.3, 0.4) is 0 Å². The summed E-state index contributed by atoms with van der Waals surface area (Å²) in [6, 6.07) is 15.3. The summed E-state index contributed by atoms with van der Waals surface area (Å²) >= 11 is 3.56. The number of fused-ring (bicyclic) bond motifs is 1. The molecule has 0 saturated heterocycles. The van der Waals surface area contributed by atoms with E-state index >= 15 is 0 Å². The molecule has 19 heavy (non-hydrogen) atoms. The second-order valence-corrected chi connectivity index (χ2v) is 4.79. The molecule has 1 heterocycles. The largest absolute Gasteiger partial charge is 0.436 e. The molecule has 3 rings (SSSR count). The predicted molar refractivity (Wildman–Crippen MR) is 78.2 cm³/mol. The van der Waals surface area contributed by atoms with Crippen molar-refractivity contribution in [1.82, 2.24) is 10.2 Å². The van der Waals surface area contributed by atoms with E-state index in [1.807, 2.05) is 36.4 Å². The van der Waals surface area contributed by atoms with Crippen molar-refractivity contribution >= 4 is 32.5 Å². The Labute approximate surface area is 118 Å². The first-order chi connectivity index (χ1) is 9.24. The van der Waals surface area contributed by atoms with Crippen LogP contribution >= 0.6 is 15.9 Å². The fourth-order valence-corrected chi connectivity index (χ4v) is 2.36. The Hall–Kier alpha value is -2.14. The van der Waals surface area contributed by atoms with E-state index in [-0.39, 0.29) is 0 Å². The Morgan fingerprint density at radius 3 is 2.58 bits per heavy atom. The van der Waals surface area contributed by atoms with Crippen LogP contribution in [-0.2, 0) is 0 Å². The van der Waals surface area contributed by atoms with E-state index in [4.69, 9.17) is 10.5 Å². The number of nitrogens with two attached hydrogens (primary N) is 1. The monoisotopic (exact) mass is 315 g/mol. The lowest BCUT2D eigenvalue weighted by Crippen LogP contribution is -1.95. The van der Waals surface area contributed by atoms with E-state index in [1.54, 1.807) is 12.1 Å². The van der Waals surface area contributed by atoms with Crippen LogP contribution in [0, 0.1) is 0 Å². The highest BCUT2D eigenvalue weighted by molar-refractivity contribution is 9.10. The molecule has 0 amide bonds. The molecule has 1 aromatic heterocycles. The number of anilines is 1. The van der Waals surface area contributed by atoms with E-state index in [0.717, 1.165) is 15.2 Å². The average molecular weight is 316 g/mol. The van der Waals surface area contributed by atoms with Crippen molar-refractivity contribution in [1.29, 1.82) is 0 Å². The van der Waals surface area contributed by atoms with Gasteiger partial charge in [0.15, 0.2) is 0 Å². The summed E-state index contributed by atoms with van der Waals surface area (Å²) in [5.41, 5.74) is 5.49. The summed E-state index contributed by atoms with van der Waals surface area (Å²) in [7, 11) is 0. The zero-order chi connectivity index (χ0) is 13.2. The molecular weight excluding hydrogens is 306 g/mol. The third-order valence-electron chi connectivity index (χ3n) is 2.70. The Balaban J connectivity index is 2.01. The number of halogens is 1. The van der Waals surface area contributed by atoms with Gasteiger partial charge in [-0.15, -0.1) is 10.2 Å². The Bertz CT molecular complexity index is 728. The van der Waals surface area contributed by atoms with Crippen LogP contribution in [0.15, 0.2) is 53.0 Å². The number of rotatable bonds is 2. The van der Waals surface area contributed by atoms with Crippen LogP contribution in [0.1, 0.15) is 0 Å². The molecule has 0 spiro atoms. The minimum Gasteiger partial charge on any atom is -0.436 e. The third-order valence-corrected chi connectivity index (χ3v) is 3.52. The van der Waals surface area contributed by atoms with Crippen LogP contribution in [0.5, 0.6) is 11.6 Å². The molecule has 0 saturated carbocycles. The van der Waals surface area contributed by atoms with Crippen LogP contribution in [0.2, 0.25) is 0 Å². The molecule has 0 aliphatic rings. The number of hydrogen-bond donors (Lipinski definition) is 1. The summed E-state index contributed by atoms with van der Waals surface area (Å²) in [5, 5.41) is 9.86. The summed E-state index contributed by atoms with van der Waals surface area (Å²) in [6.07, 6.45) is 0. The molecule has 4 nitrogen and oxygen atoms in total. The van der Waals surface area contributed by atoms with Crippen molar-refractivity contribution in [2.75, 3.05) is 5.73 Å². The normalized spacial score (nSPS) is 10.6. The molecule has 0 unspecified atom stereocenters. The van der Waals surface area contributed by atoms with Gasteiger partial charge in [-0.2, -0.15) is 0 Å². The number of hydrogen-bond acceptors (Lipinski definition) is 4. The SMILES string of the molecule is Nc1ccc(Oc2ccc3ccccc3c2Br)nn1. The molecule has 0 atom stereocenters. The third kappa shape index (κ3) is 2.37. The van der Waals surface area contributed by atoms with Gasteiger partial charge >= 0.3 is 0 Å². The van der Waals surface area contributed by atoms with E-state index in [0.29, 0.717) is 17.4 Å². The van der Waals surface area contributed by atoms with Gasteiger partial charge in [-0.25, -0.2) is 0 Å². The first kappa shape index (κ1) is 11.9. The minimum atomic E-state index is 0.366. The molecule has 0 fully saturated rings. The second kappa shape index (κ2) is 4.85. The average Bonchev–Trinajstić information content (AvgIpc) is 2.45. The maximum atomic E-state index is 5.70. The Kier molecular flexibility index (Phi) is 3.05. The molecule has 2 aromatic carbocycles. The minimum absolute atomic E-state index is 0.366. The summed E-state index contributed by atoms with van der Waals surface area (Å²) in [5.74, 6) is 1.47. The number of ether oxygens (including phenoxy) is 1. The molecule has 5 heteroatoms. The van der Waals surface area contributed by atoms with Gasteiger partial charge in [0.05, 0.1) is 4.47 Å². The van der Waals surface area contributed by atoms with Gasteiger partial charge < -0.3 is 10.5 Å². The van der Waals surface area contributed by atoms with Crippen molar-refractivity contribution in [2.45, 2.75) is 0 Å². The highest BCUT2D eigenvalue weighted by Gasteiger charge is 2.07. The van der Waals surface area contributed by atoms with Crippen LogP contribution < -0.4 is 10.5 Å². The van der Waals surface area contributed by atoms with Crippen LogP contribution in [0.25, 0.3) is 10.8 Å². The molecule has 0 aliphatic carbocycles. The topological polar surface area (TPSA) is 61.0 Å². The Morgan fingerprint density at radius 2 is 1.79 bits per heavy atom. The van der Waals surface area contributed by atoms with Crippen molar-refractivity contribution in [3.63, 3.8) is 0 Å². The maximum absolute atomic E-state index is 5.70. The van der Waals surface area contributed by atoms with Gasteiger partial charge in [-0.1, -0.05) is 30.3 Å². The Morgan fingerprint density at radius 1 is 0.947 bits per heavy atom. The first-order valence-electron chi connectivity index (χ1n) is 5.68. The van der Waals surface area contributed by atoms with Gasteiger partial charge in [0.25, 0.3) is 0 Å². The van der Waals surface area contributed by atoms with Crippen molar-refractivity contribution in [3.8, 4) is 11.6 Å². The quantitative estimate of drug-likeness (QED) is 0.782. The van der Waals surface area contributed by atoms with Crippen molar-refractivity contribution in [2.24, 2.45) is 0 Å². The van der Waals surface area contributed by atoms with Crippen molar-refractivity contribution < 1.29 is 4.74 Å². The first-order valence-corrected chi connectivity index (χ1v) is 6.47. The van der Waals surface area contributed by atoms with Gasteiger partial charge in [0, 0.05) is 6.07 Å². The molecule has 0 radical (unpaired) electrons. The van der Waals surface area contributed by atoms with Gasteiger partial charge in [0.2, 0.25) is 5.88 Å². The second-order valence-electron chi connectivity index (χ2n) is 4.00. The molecule has 2 N–H and O–H groups in total. The number of nitrogens with zero attached hydrogens (tertiary/aromatic N) is 2. The molecule has 0 aliphatic heterocycles. The van der Waals surface area contributed by atoms with Gasteiger partial charge in [-0.05, 0) is 38.8 Å². The summed E-state index contributed by atoms with van der Waals surface area (Å²) in [6.45, 7) is 0. The summed E-state index contributed by atoms with van der Waals surface area (Å²) < 4.78 is 6.59. The lowest BCUT2D eigenvalue weighted by atomic mass is 10.1. The number of aromatic nitrogens is 2.